The Labute approximate surface area is 93.2 Å². The van der Waals surface area contributed by atoms with E-state index >= 15 is 0 Å². The molecule has 0 heterocycles. The van der Waals surface area contributed by atoms with Gasteiger partial charge >= 0.3 is 5.97 Å². The summed E-state index contributed by atoms with van der Waals surface area (Å²) in [6.45, 7) is 1.58. The molecule has 4 nitrogen and oxygen atoms in total. The van der Waals surface area contributed by atoms with Crippen molar-refractivity contribution in [2.24, 2.45) is 5.73 Å². The SMILES string of the molecule is COC(=O)[C@H](N)[C@@H](C)Oc1ccccc1F. The highest BCUT2D eigenvalue weighted by Gasteiger charge is 2.23. The van der Waals surface area contributed by atoms with Crippen LogP contribution in [0.2, 0.25) is 0 Å². The van der Waals surface area contributed by atoms with E-state index in [1.54, 1.807) is 19.1 Å². The molecule has 0 bridgehead atoms. The average molecular weight is 227 g/mol. The molecule has 0 saturated carbocycles. The Morgan fingerprint density at radius 1 is 1.44 bits per heavy atom. The number of rotatable bonds is 4. The minimum absolute atomic E-state index is 0.0642. The number of methoxy groups -OCH3 is 1. The molecule has 88 valence electrons. The maximum absolute atomic E-state index is 13.2. The Bertz CT molecular complexity index is 370. The van der Waals surface area contributed by atoms with Gasteiger partial charge in [-0.3, -0.25) is 4.79 Å². The van der Waals surface area contributed by atoms with Crippen LogP contribution in [-0.2, 0) is 9.53 Å². The molecule has 5 heteroatoms. The second-order valence-corrected chi connectivity index (χ2v) is 3.30. The lowest BCUT2D eigenvalue weighted by molar-refractivity contribution is -0.144. The van der Waals surface area contributed by atoms with Crippen LogP contribution in [0.15, 0.2) is 24.3 Å². The number of esters is 1. The van der Waals surface area contributed by atoms with Gasteiger partial charge in [0.1, 0.15) is 12.1 Å². The van der Waals surface area contributed by atoms with Crippen molar-refractivity contribution >= 4 is 5.97 Å². The Balaban J connectivity index is 2.68. The van der Waals surface area contributed by atoms with Gasteiger partial charge in [0.25, 0.3) is 0 Å². The number of benzene rings is 1. The van der Waals surface area contributed by atoms with E-state index in [0.29, 0.717) is 0 Å². The molecule has 0 saturated heterocycles. The van der Waals surface area contributed by atoms with Crippen LogP contribution in [0.3, 0.4) is 0 Å². The monoisotopic (exact) mass is 227 g/mol. The molecule has 1 rings (SSSR count). The van der Waals surface area contributed by atoms with E-state index < -0.39 is 23.9 Å². The fourth-order valence-electron chi connectivity index (χ4n) is 1.14. The van der Waals surface area contributed by atoms with E-state index in [2.05, 4.69) is 4.74 Å². The second kappa shape index (κ2) is 5.46. The summed E-state index contributed by atoms with van der Waals surface area (Å²) in [6.07, 6.45) is -0.663. The molecular weight excluding hydrogens is 213 g/mol. The molecule has 0 aliphatic carbocycles. The average Bonchev–Trinajstić information content (AvgIpc) is 2.30. The van der Waals surface area contributed by atoms with Crippen LogP contribution in [0.1, 0.15) is 6.92 Å². The molecule has 0 aromatic heterocycles. The lowest BCUT2D eigenvalue weighted by atomic mass is 10.2. The number of carbonyl (C=O) groups excluding carboxylic acids is 1. The first-order chi connectivity index (χ1) is 7.56. The quantitative estimate of drug-likeness (QED) is 0.782. The zero-order valence-electron chi connectivity index (χ0n) is 9.14. The first-order valence-corrected chi connectivity index (χ1v) is 4.81. The van der Waals surface area contributed by atoms with E-state index in [1.165, 1.54) is 19.2 Å². The zero-order chi connectivity index (χ0) is 12.1. The van der Waals surface area contributed by atoms with Crippen molar-refractivity contribution in [3.8, 4) is 5.75 Å². The lowest BCUT2D eigenvalue weighted by Gasteiger charge is -2.19. The molecule has 1 aromatic carbocycles. The van der Waals surface area contributed by atoms with E-state index in [-0.39, 0.29) is 5.75 Å². The van der Waals surface area contributed by atoms with Crippen molar-refractivity contribution in [2.45, 2.75) is 19.1 Å². The lowest BCUT2D eigenvalue weighted by Crippen LogP contribution is -2.44. The van der Waals surface area contributed by atoms with Crippen LogP contribution in [0.25, 0.3) is 0 Å². The predicted molar refractivity (Wildman–Crippen MR) is 56.5 cm³/mol. The van der Waals surface area contributed by atoms with E-state index in [0.717, 1.165) is 0 Å². The number of carbonyl (C=O) groups is 1. The van der Waals surface area contributed by atoms with E-state index in [9.17, 15) is 9.18 Å². The van der Waals surface area contributed by atoms with Crippen LogP contribution in [0, 0.1) is 5.82 Å². The van der Waals surface area contributed by atoms with Crippen LogP contribution in [0.4, 0.5) is 4.39 Å². The first kappa shape index (κ1) is 12.4. The standard InChI is InChI=1S/C11H14FNO3/c1-7(10(13)11(14)15-2)16-9-6-4-3-5-8(9)12/h3-7,10H,13H2,1-2H3/t7-,10-/m1/s1. The molecule has 2 N–H and O–H groups in total. The third-order valence-electron chi connectivity index (χ3n) is 2.13. The van der Waals surface area contributed by atoms with Crippen molar-refractivity contribution in [2.75, 3.05) is 7.11 Å². The van der Waals surface area contributed by atoms with Crippen molar-refractivity contribution in [1.29, 1.82) is 0 Å². The summed E-state index contributed by atoms with van der Waals surface area (Å²) < 4.78 is 22.9. The normalized spacial score (nSPS) is 14.0. The summed E-state index contributed by atoms with van der Waals surface area (Å²) in [5.74, 6) is -1.02. The van der Waals surface area contributed by atoms with E-state index in [1.807, 2.05) is 0 Å². The molecule has 2 atom stereocenters. The summed E-state index contributed by atoms with van der Waals surface area (Å²) in [6, 6.07) is 4.98. The van der Waals surface area contributed by atoms with Gasteiger partial charge in [0.2, 0.25) is 0 Å². The maximum Gasteiger partial charge on any atom is 0.326 e. The minimum Gasteiger partial charge on any atom is -0.485 e. The molecule has 1 aromatic rings. The minimum atomic E-state index is -0.940. The fourth-order valence-corrected chi connectivity index (χ4v) is 1.14. The molecule has 0 unspecified atom stereocenters. The van der Waals surface area contributed by atoms with Gasteiger partial charge in [-0.25, -0.2) is 4.39 Å². The number of halogens is 1. The predicted octanol–water partition coefficient (Wildman–Crippen LogP) is 1.09. The van der Waals surface area contributed by atoms with Crippen LogP contribution >= 0.6 is 0 Å². The largest absolute Gasteiger partial charge is 0.485 e. The van der Waals surface area contributed by atoms with Crippen molar-refractivity contribution in [3.63, 3.8) is 0 Å². The van der Waals surface area contributed by atoms with E-state index in [4.69, 9.17) is 10.5 Å². The van der Waals surface area contributed by atoms with Crippen molar-refractivity contribution in [3.05, 3.63) is 30.1 Å². The highest BCUT2D eigenvalue weighted by molar-refractivity contribution is 5.76. The van der Waals surface area contributed by atoms with Gasteiger partial charge in [-0.1, -0.05) is 12.1 Å². The summed E-state index contributed by atoms with van der Waals surface area (Å²) >= 11 is 0. The van der Waals surface area contributed by atoms with Gasteiger partial charge in [-0.2, -0.15) is 0 Å². The number of nitrogens with two attached hydrogens (primary N) is 1. The fraction of sp³-hybridized carbons (Fsp3) is 0.364. The van der Waals surface area contributed by atoms with Gasteiger partial charge in [-0.05, 0) is 19.1 Å². The third-order valence-corrected chi connectivity index (χ3v) is 2.13. The van der Waals surface area contributed by atoms with Gasteiger partial charge in [0.05, 0.1) is 7.11 Å². The molecule has 0 amide bonds. The smallest absolute Gasteiger partial charge is 0.326 e. The second-order valence-electron chi connectivity index (χ2n) is 3.30. The summed E-state index contributed by atoms with van der Waals surface area (Å²) in [7, 11) is 1.23. The number of ether oxygens (including phenoxy) is 2. The van der Waals surface area contributed by atoms with Crippen molar-refractivity contribution < 1.29 is 18.7 Å². The number of hydrogen-bond acceptors (Lipinski definition) is 4. The van der Waals surface area contributed by atoms with Crippen LogP contribution < -0.4 is 10.5 Å². The molecule has 0 spiro atoms. The van der Waals surface area contributed by atoms with Crippen molar-refractivity contribution in [1.82, 2.24) is 0 Å². The molecular formula is C11H14FNO3. The summed E-state index contributed by atoms with van der Waals surface area (Å²) in [4.78, 5) is 11.1. The molecule has 0 radical (unpaired) electrons. The Hall–Kier alpha value is -1.62. The van der Waals surface area contributed by atoms with Gasteiger partial charge in [0.15, 0.2) is 11.6 Å². The molecule has 0 aliphatic heterocycles. The van der Waals surface area contributed by atoms with Gasteiger partial charge in [0, 0.05) is 0 Å². The number of para-hydroxylation sites is 1. The Morgan fingerprint density at radius 2 is 2.06 bits per heavy atom. The summed E-state index contributed by atoms with van der Waals surface area (Å²) in [5, 5.41) is 0. The molecule has 0 aliphatic rings. The Morgan fingerprint density at radius 3 is 2.62 bits per heavy atom. The highest BCUT2D eigenvalue weighted by atomic mass is 19.1. The zero-order valence-corrected chi connectivity index (χ0v) is 9.14. The van der Waals surface area contributed by atoms with Gasteiger partial charge < -0.3 is 15.2 Å². The Kier molecular flexibility index (Phi) is 4.25. The highest BCUT2D eigenvalue weighted by Crippen LogP contribution is 2.17. The third kappa shape index (κ3) is 2.93. The molecule has 0 fully saturated rings. The topological polar surface area (TPSA) is 61.5 Å². The van der Waals surface area contributed by atoms with Crippen LogP contribution in [0.5, 0.6) is 5.75 Å². The van der Waals surface area contributed by atoms with Crippen LogP contribution in [-0.4, -0.2) is 25.2 Å². The first-order valence-electron chi connectivity index (χ1n) is 4.81. The summed E-state index contributed by atoms with van der Waals surface area (Å²) in [5.41, 5.74) is 5.55. The molecule has 16 heavy (non-hydrogen) atoms. The number of hydrogen-bond donors (Lipinski definition) is 1. The van der Waals surface area contributed by atoms with Gasteiger partial charge in [-0.15, -0.1) is 0 Å². The maximum atomic E-state index is 13.2.